The normalized spacial score (nSPS) is 39.6. The number of hydrogen-bond acceptors (Lipinski definition) is 8. The molecule has 3 aliphatic rings. The number of aromatic nitrogens is 4. The Hall–Kier alpha value is -1.81. The number of fused-ring (bicyclic) bond motifs is 3. The van der Waals surface area contributed by atoms with E-state index in [4.69, 9.17) is 25.7 Å². The average molecular weight is 332 g/mol. The van der Waals surface area contributed by atoms with Crippen molar-refractivity contribution in [3.63, 3.8) is 0 Å². The molecule has 4 unspecified atom stereocenters. The molecule has 4 heterocycles. The molecule has 2 aliphatic heterocycles. The van der Waals surface area contributed by atoms with Gasteiger partial charge in [-0.15, -0.1) is 0 Å². The van der Waals surface area contributed by atoms with Gasteiger partial charge in [-0.25, -0.2) is 15.0 Å². The van der Waals surface area contributed by atoms with Crippen molar-refractivity contribution in [1.29, 1.82) is 0 Å². The molecular formula is C15H20N6O3. The Labute approximate surface area is 138 Å². The van der Waals surface area contributed by atoms with Crippen LogP contribution in [0.4, 0.5) is 5.82 Å². The fourth-order valence-electron chi connectivity index (χ4n) is 4.11. The topological polar surface area (TPSA) is 123 Å². The molecule has 4 N–H and O–H groups in total. The first-order valence-corrected chi connectivity index (χ1v) is 8.12. The van der Waals surface area contributed by atoms with Gasteiger partial charge in [-0.1, -0.05) is 0 Å². The molecule has 5 atom stereocenters. The summed E-state index contributed by atoms with van der Waals surface area (Å²) in [7, 11) is 0. The van der Waals surface area contributed by atoms with Crippen LogP contribution in [0.5, 0.6) is 0 Å². The van der Waals surface area contributed by atoms with Crippen LogP contribution < -0.4 is 11.5 Å². The SMILES string of the molecule is CC1(C)OC2C(n3cnc4c(N)ncnc43)O[C@@]3(CC3CN)C2O1. The van der Waals surface area contributed by atoms with Crippen molar-refractivity contribution in [1.82, 2.24) is 19.5 Å². The van der Waals surface area contributed by atoms with Gasteiger partial charge in [0.1, 0.15) is 29.7 Å². The van der Waals surface area contributed by atoms with E-state index in [1.165, 1.54) is 6.33 Å². The Balaban J connectivity index is 1.59. The lowest BCUT2D eigenvalue weighted by atomic mass is 10.1. The second-order valence-corrected chi connectivity index (χ2v) is 7.20. The van der Waals surface area contributed by atoms with E-state index in [0.717, 1.165) is 6.42 Å². The highest BCUT2D eigenvalue weighted by Crippen LogP contribution is 2.61. The predicted molar refractivity (Wildman–Crippen MR) is 83.6 cm³/mol. The van der Waals surface area contributed by atoms with E-state index in [1.54, 1.807) is 6.33 Å². The van der Waals surface area contributed by atoms with Gasteiger partial charge in [0.2, 0.25) is 0 Å². The summed E-state index contributed by atoms with van der Waals surface area (Å²) in [6.07, 6.45) is 3.20. The lowest BCUT2D eigenvalue weighted by Crippen LogP contribution is -2.34. The van der Waals surface area contributed by atoms with E-state index in [1.807, 2.05) is 18.4 Å². The summed E-state index contributed by atoms with van der Waals surface area (Å²) in [6.45, 7) is 4.41. The first-order valence-electron chi connectivity index (χ1n) is 8.12. The lowest BCUT2D eigenvalue weighted by molar-refractivity contribution is -0.203. The zero-order valence-electron chi connectivity index (χ0n) is 13.5. The van der Waals surface area contributed by atoms with Crippen LogP contribution in [0.1, 0.15) is 26.5 Å². The van der Waals surface area contributed by atoms with Crippen LogP contribution in [-0.4, -0.2) is 49.7 Å². The van der Waals surface area contributed by atoms with E-state index in [-0.39, 0.29) is 30.0 Å². The first kappa shape index (κ1) is 14.5. The molecule has 128 valence electrons. The molecule has 1 saturated carbocycles. The molecule has 2 aromatic rings. The largest absolute Gasteiger partial charge is 0.382 e. The van der Waals surface area contributed by atoms with Crippen LogP contribution in [-0.2, 0) is 14.2 Å². The highest BCUT2D eigenvalue weighted by molar-refractivity contribution is 5.81. The molecule has 3 fully saturated rings. The van der Waals surface area contributed by atoms with Crippen molar-refractivity contribution in [3.8, 4) is 0 Å². The van der Waals surface area contributed by atoms with Gasteiger partial charge in [-0.2, -0.15) is 0 Å². The fraction of sp³-hybridized carbons (Fsp3) is 0.667. The number of nitrogens with zero attached hydrogens (tertiary/aromatic N) is 4. The van der Waals surface area contributed by atoms with Crippen LogP contribution in [0.3, 0.4) is 0 Å². The maximum atomic E-state index is 6.41. The summed E-state index contributed by atoms with van der Waals surface area (Å²) >= 11 is 0. The number of hydrogen-bond donors (Lipinski definition) is 2. The van der Waals surface area contributed by atoms with E-state index < -0.39 is 5.79 Å². The smallest absolute Gasteiger partial charge is 0.167 e. The van der Waals surface area contributed by atoms with Gasteiger partial charge in [0.25, 0.3) is 0 Å². The third-order valence-corrected chi connectivity index (χ3v) is 5.27. The van der Waals surface area contributed by atoms with Crippen molar-refractivity contribution in [2.24, 2.45) is 11.7 Å². The van der Waals surface area contributed by atoms with Crippen LogP contribution >= 0.6 is 0 Å². The number of imidazole rings is 1. The van der Waals surface area contributed by atoms with Crippen molar-refractivity contribution < 1.29 is 14.2 Å². The third-order valence-electron chi connectivity index (χ3n) is 5.27. The number of ether oxygens (including phenoxy) is 3. The maximum absolute atomic E-state index is 6.41. The monoisotopic (exact) mass is 332 g/mol. The molecule has 1 spiro atoms. The second kappa shape index (κ2) is 4.42. The fourth-order valence-corrected chi connectivity index (χ4v) is 4.11. The van der Waals surface area contributed by atoms with Gasteiger partial charge in [-0.3, -0.25) is 4.57 Å². The summed E-state index contributed by atoms with van der Waals surface area (Å²) in [5, 5.41) is 0. The van der Waals surface area contributed by atoms with Gasteiger partial charge < -0.3 is 25.7 Å². The minimum absolute atomic E-state index is 0.150. The summed E-state index contributed by atoms with van der Waals surface area (Å²) < 4.78 is 20.6. The number of nitrogen functional groups attached to an aromatic ring is 1. The third kappa shape index (κ3) is 1.75. The zero-order valence-corrected chi connectivity index (χ0v) is 13.5. The zero-order chi connectivity index (χ0) is 16.7. The van der Waals surface area contributed by atoms with E-state index in [2.05, 4.69) is 15.0 Å². The first-order chi connectivity index (χ1) is 11.5. The molecule has 0 radical (unpaired) electrons. The minimum Gasteiger partial charge on any atom is -0.382 e. The molecule has 0 aromatic carbocycles. The minimum atomic E-state index is -0.656. The van der Waals surface area contributed by atoms with Crippen LogP contribution in [0.2, 0.25) is 0 Å². The number of rotatable bonds is 2. The van der Waals surface area contributed by atoms with Crippen LogP contribution in [0, 0.1) is 5.92 Å². The summed E-state index contributed by atoms with van der Waals surface area (Å²) in [6, 6.07) is 0. The van der Waals surface area contributed by atoms with Crippen molar-refractivity contribution in [2.75, 3.05) is 12.3 Å². The molecule has 24 heavy (non-hydrogen) atoms. The Morgan fingerprint density at radius 3 is 2.83 bits per heavy atom. The molecule has 2 aromatic heterocycles. The van der Waals surface area contributed by atoms with Gasteiger partial charge in [-0.05, 0) is 26.8 Å². The predicted octanol–water partition coefficient (Wildman–Crippen LogP) is 0.175. The van der Waals surface area contributed by atoms with E-state index in [9.17, 15) is 0 Å². The van der Waals surface area contributed by atoms with Gasteiger partial charge in [0.15, 0.2) is 23.5 Å². The highest BCUT2D eigenvalue weighted by atomic mass is 16.8. The van der Waals surface area contributed by atoms with Gasteiger partial charge >= 0.3 is 0 Å². The molecular weight excluding hydrogens is 312 g/mol. The Kier molecular flexibility index (Phi) is 2.68. The number of nitrogens with two attached hydrogens (primary N) is 2. The molecule has 9 heteroatoms. The van der Waals surface area contributed by atoms with Crippen molar-refractivity contribution >= 4 is 17.0 Å². The lowest BCUT2D eigenvalue weighted by Gasteiger charge is -2.25. The Morgan fingerprint density at radius 2 is 2.08 bits per heavy atom. The van der Waals surface area contributed by atoms with Crippen molar-refractivity contribution in [3.05, 3.63) is 12.7 Å². The quantitative estimate of drug-likeness (QED) is 0.798. The summed E-state index contributed by atoms with van der Waals surface area (Å²) in [5.41, 5.74) is 12.6. The van der Waals surface area contributed by atoms with E-state index in [0.29, 0.717) is 23.5 Å². The van der Waals surface area contributed by atoms with Crippen molar-refractivity contribution in [2.45, 2.75) is 50.1 Å². The van der Waals surface area contributed by atoms with Gasteiger partial charge in [0, 0.05) is 5.92 Å². The summed E-state index contributed by atoms with van der Waals surface area (Å²) in [4.78, 5) is 12.6. The standard InChI is InChI=1S/C15H20N6O3/c1-14(2)22-9-10(23-14)15(3-7(15)4-16)24-13(9)21-6-20-8-11(17)18-5-19-12(8)21/h5-7,9-10,13H,3-4,16H2,1-2H3,(H2,17,18,19)/t7?,9?,10?,13?,15-/m1/s1. The van der Waals surface area contributed by atoms with Crippen LogP contribution in [0.25, 0.3) is 11.2 Å². The molecule has 2 saturated heterocycles. The molecule has 0 amide bonds. The second-order valence-electron chi connectivity index (χ2n) is 7.20. The maximum Gasteiger partial charge on any atom is 0.167 e. The van der Waals surface area contributed by atoms with Gasteiger partial charge in [0.05, 0.1) is 6.33 Å². The molecule has 9 nitrogen and oxygen atoms in total. The van der Waals surface area contributed by atoms with Crippen LogP contribution in [0.15, 0.2) is 12.7 Å². The molecule has 1 aliphatic carbocycles. The average Bonchev–Trinajstić information content (AvgIpc) is 2.78. The number of anilines is 1. The Morgan fingerprint density at radius 1 is 1.25 bits per heavy atom. The van der Waals surface area contributed by atoms with E-state index >= 15 is 0 Å². The Bertz CT molecular complexity index is 823. The molecule has 5 rings (SSSR count). The summed E-state index contributed by atoms with van der Waals surface area (Å²) in [5.74, 6) is -0.0311. The highest BCUT2D eigenvalue weighted by Gasteiger charge is 2.73. The molecule has 0 bridgehead atoms.